The predicted octanol–water partition coefficient (Wildman–Crippen LogP) is 4.33. The molecule has 3 heteroatoms. The van der Waals surface area contributed by atoms with Crippen molar-refractivity contribution in [2.24, 2.45) is 0 Å². The first kappa shape index (κ1) is 14.0. The van der Waals surface area contributed by atoms with Gasteiger partial charge in [-0.1, -0.05) is 48.5 Å². The summed E-state index contributed by atoms with van der Waals surface area (Å²) in [6.07, 6.45) is 3.86. The van der Waals surface area contributed by atoms with E-state index >= 15 is 0 Å². The highest BCUT2D eigenvalue weighted by Gasteiger charge is 2.07. The Kier molecular flexibility index (Phi) is 3.97. The number of para-hydroxylation sites is 1. The van der Waals surface area contributed by atoms with E-state index in [0.29, 0.717) is 11.4 Å². The molecule has 0 radical (unpaired) electrons. The second kappa shape index (κ2) is 6.22. The van der Waals surface area contributed by atoms with Gasteiger partial charge in [0.1, 0.15) is 5.75 Å². The molecule has 0 unspecified atom stereocenters. The zero-order chi connectivity index (χ0) is 15.4. The smallest absolute Gasteiger partial charge is 0.152 e. The van der Waals surface area contributed by atoms with E-state index in [1.54, 1.807) is 12.1 Å². The van der Waals surface area contributed by atoms with Crippen LogP contribution in [0.25, 0.3) is 23.4 Å². The summed E-state index contributed by atoms with van der Waals surface area (Å²) in [5.41, 5.74) is 3.39. The lowest BCUT2D eigenvalue weighted by Gasteiger charge is -2.05. The first-order valence-electron chi connectivity index (χ1n) is 7.09. The number of phenols is 1. The standard InChI is InChI=1S/C19H16N2O/c1-14-13-17(16-9-5-6-10-18(16)22)21-19(20-14)12-11-15-7-3-2-4-8-15/h2-13,22H,1H3. The number of aromatic nitrogens is 2. The van der Waals surface area contributed by atoms with E-state index < -0.39 is 0 Å². The number of aryl methyl sites for hydroxylation is 1. The van der Waals surface area contributed by atoms with Crippen LogP contribution in [0.5, 0.6) is 5.75 Å². The van der Waals surface area contributed by atoms with Crippen LogP contribution in [0.3, 0.4) is 0 Å². The first-order chi connectivity index (χ1) is 10.7. The summed E-state index contributed by atoms with van der Waals surface area (Å²) in [6, 6.07) is 19.1. The molecular formula is C19H16N2O. The average Bonchev–Trinajstić information content (AvgIpc) is 2.54. The van der Waals surface area contributed by atoms with E-state index in [1.807, 2.05) is 67.6 Å². The summed E-state index contributed by atoms with van der Waals surface area (Å²) in [5.74, 6) is 0.848. The third kappa shape index (κ3) is 3.20. The zero-order valence-electron chi connectivity index (χ0n) is 12.3. The Balaban J connectivity index is 1.97. The Labute approximate surface area is 129 Å². The van der Waals surface area contributed by atoms with Crippen LogP contribution in [-0.2, 0) is 0 Å². The molecule has 0 saturated carbocycles. The Morgan fingerprint density at radius 2 is 1.59 bits per heavy atom. The molecule has 2 aromatic carbocycles. The van der Waals surface area contributed by atoms with E-state index in [4.69, 9.17) is 0 Å². The Morgan fingerprint density at radius 1 is 0.864 bits per heavy atom. The number of hydrogen-bond acceptors (Lipinski definition) is 3. The van der Waals surface area contributed by atoms with Crippen LogP contribution < -0.4 is 0 Å². The van der Waals surface area contributed by atoms with Crippen LogP contribution in [0.2, 0.25) is 0 Å². The zero-order valence-corrected chi connectivity index (χ0v) is 12.3. The lowest BCUT2D eigenvalue weighted by molar-refractivity contribution is 0.477. The summed E-state index contributed by atoms with van der Waals surface area (Å²) in [5, 5.41) is 9.98. The van der Waals surface area contributed by atoms with Crippen molar-refractivity contribution < 1.29 is 5.11 Å². The molecular weight excluding hydrogens is 272 g/mol. The van der Waals surface area contributed by atoms with Gasteiger partial charge in [-0.2, -0.15) is 0 Å². The molecule has 3 aromatic rings. The lowest BCUT2D eigenvalue weighted by atomic mass is 10.1. The molecule has 1 heterocycles. The van der Waals surface area contributed by atoms with E-state index in [-0.39, 0.29) is 5.75 Å². The first-order valence-corrected chi connectivity index (χ1v) is 7.09. The second-order valence-electron chi connectivity index (χ2n) is 5.01. The molecule has 0 aliphatic carbocycles. The Morgan fingerprint density at radius 3 is 2.36 bits per heavy atom. The summed E-state index contributed by atoms with van der Waals surface area (Å²) in [6.45, 7) is 1.92. The minimum absolute atomic E-state index is 0.221. The SMILES string of the molecule is Cc1cc(-c2ccccc2O)nc(C=Cc2ccccc2)n1. The van der Waals surface area contributed by atoms with Crippen molar-refractivity contribution in [3.63, 3.8) is 0 Å². The van der Waals surface area contributed by atoms with Gasteiger partial charge in [0.15, 0.2) is 5.82 Å². The molecule has 22 heavy (non-hydrogen) atoms. The third-order valence-electron chi connectivity index (χ3n) is 3.28. The Hall–Kier alpha value is -2.94. The lowest BCUT2D eigenvalue weighted by Crippen LogP contribution is -1.94. The fraction of sp³-hybridized carbons (Fsp3) is 0.0526. The van der Waals surface area contributed by atoms with Crippen LogP contribution in [0, 0.1) is 6.92 Å². The maximum atomic E-state index is 9.98. The average molecular weight is 288 g/mol. The van der Waals surface area contributed by atoms with Gasteiger partial charge in [0.2, 0.25) is 0 Å². The highest BCUT2D eigenvalue weighted by Crippen LogP contribution is 2.27. The number of rotatable bonds is 3. The van der Waals surface area contributed by atoms with Gasteiger partial charge in [0.05, 0.1) is 5.69 Å². The summed E-state index contributed by atoms with van der Waals surface area (Å²) in [7, 11) is 0. The van der Waals surface area contributed by atoms with Gasteiger partial charge < -0.3 is 5.11 Å². The normalized spacial score (nSPS) is 11.0. The van der Waals surface area contributed by atoms with Crippen molar-refractivity contribution in [2.75, 3.05) is 0 Å². The fourth-order valence-electron chi connectivity index (χ4n) is 2.23. The molecule has 108 valence electrons. The molecule has 0 fully saturated rings. The van der Waals surface area contributed by atoms with Crippen LogP contribution in [-0.4, -0.2) is 15.1 Å². The molecule has 1 N–H and O–H groups in total. The summed E-state index contributed by atoms with van der Waals surface area (Å²) in [4.78, 5) is 8.95. The van der Waals surface area contributed by atoms with Crippen LogP contribution in [0.15, 0.2) is 60.7 Å². The summed E-state index contributed by atoms with van der Waals surface area (Å²) >= 11 is 0. The van der Waals surface area contributed by atoms with Crippen molar-refractivity contribution in [1.82, 2.24) is 9.97 Å². The molecule has 0 atom stereocenters. The molecule has 0 aliphatic rings. The quantitative estimate of drug-likeness (QED) is 0.780. The van der Waals surface area contributed by atoms with Gasteiger partial charge in [0, 0.05) is 11.3 Å². The second-order valence-corrected chi connectivity index (χ2v) is 5.01. The van der Waals surface area contributed by atoms with Crippen molar-refractivity contribution in [1.29, 1.82) is 0 Å². The molecule has 0 bridgehead atoms. The van der Waals surface area contributed by atoms with Crippen molar-refractivity contribution in [2.45, 2.75) is 6.92 Å². The minimum Gasteiger partial charge on any atom is -0.507 e. The fourth-order valence-corrected chi connectivity index (χ4v) is 2.23. The molecule has 0 saturated heterocycles. The van der Waals surface area contributed by atoms with Crippen molar-refractivity contribution in [3.8, 4) is 17.0 Å². The minimum atomic E-state index is 0.221. The van der Waals surface area contributed by atoms with Crippen LogP contribution in [0.1, 0.15) is 17.1 Å². The monoisotopic (exact) mass is 288 g/mol. The number of hydrogen-bond donors (Lipinski definition) is 1. The molecule has 0 spiro atoms. The van der Waals surface area contributed by atoms with Gasteiger partial charge >= 0.3 is 0 Å². The van der Waals surface area contributed by atoms with E-state index in [2.05, 4.69) is 9.97 Å². The third-order valence-corrected chi connectivity index (χ3v) is 3.28. The number of benzene rings is 2. The van der Waals surface area contributed by atoms with Gasteiger partial charge in [-0.05, 0) is 36.8 Å². The van der Waals surface area contributed by atoms with E-state index in [9.17, 15) is 5.11 Å². The number of phenolic OH excluding ortho intramolecular Hbond substituents is 1. The maximum Gasteiger partial charge on any atom is 0.152 e. The highest BCUT2D eigenvalue weighted by molar-refractivity contribution is 5.70. The van der Waals surface area contributed by atoms with Crippen LogP contribution in [0.4, 0.5) is 0 Å². The van der Waals surface area contributed by atoms with Gasteiger partial charge in [-0.25, -0.2) is 9.97 Å². The summed E-state index contributed by atoms with van der Waals surface area (Å²) < 4.78 is 0. The molecule has 0 aliphatic heterocycles. The highest BCUT2D eigenvalue weighted by atomic mass is 16.3. The maximum absolute atomic E-state index is 9.98. The Bertz CT molecular complexity index is 811. The molecule has 3 nitrogen and oxygen atoms in total. The van der Waals surface area contributed by atoms with Gasteiger partial charge in [-0.15, -0.1) is 0 Å². The molecule has 0 amide bonds. The van der Waals surface area contributed by atoms with Crippen molar-refractivity contribution in [3.05, 3.63) is 77.7 Å². The van der Waals surface area contributed by atoms with Gasteiger partial charge in [0.25, 0.3) is 0 Å². The predicted molar refractivity (Wildman–Crippen MR) is 89.2 cm³/mol. The molecule has 1 aromatic heterocycles. The van der Waals surface area contributed by atoms with Gasteiger partial charge in [-0.3, -0.25) is 0 Å². The number of nitrogens with zero attached hydrogens (tertiary/aromatic N) is 2. The number of aromatic hydroxyl groups is 1. The van der Waals surface area contributed by atoms with Crippen LogP contribution >= 0.6 is 0 Å². The van der Waals surface area contributed by atoms with Crippen molar-refractivity contribution >= 4 is 12.2 Å². The molecule has 3 rings (SSSR count). The van der Waals surface area contributed by atoms with E-state index in [0.717, 1.165) is 17.0 Å². The van der Waals surface area contributed by atoms with E-state index in [1.165, 1.54) is 0 Å². The topological polar surface area (TPSA) is 46.0 Å². The largest absolute Gasteiger partial charge is 0.507 e.